The lowest BCUT2D eigenvalue weighted by atomic mass is 9.95. The molecule has 0 aliphatic rings. The zero-order valence-electron chi connectivity index (χ0n) is 13.2. The molecule has 0 fully saturated rings. The first-order chi connectivity index (χ1) is 9.71. The minimum absolute atomic E-state index is 0.0427. The summed E-state index contributed by atoms with van der Waals surface area (Å²) in [5, 5.41) is 5.62. The lowest BCUT2D eigenvalue weighted by Gasteiger charge is -2.19. The van der Waals surface area contributed by atoms with Crippen molar-refractivity contribution in [2.75, 3.05) is 11.9 Å². The molecule has 0 heterocycles. The van der Waals surface area contributed by atoms with Crippen LogP contribution in [0.5, 0.6) is 0 Å². The lowest BCUT2D eigenvalue weighted by Crippen LogP contribution is -2.31. The summed E-state index contributed by atoms with van der Waals surface area (Å²) in [6.07, 6.45) is 0.711. The van der Waals surface area contributed by atoms with Crippen molar-refractivity contribution >= 4 is 17.5 Å². The van der Waals surface area contributed by atoms with Gasteiger partial charge in [-0.05, 0) is 25.5 Å². The Morgan fingerprint density at radius 1 is 1.24 bits per heavy atom. The Kier molecular flexibility index (Phi) is 5.90. The van der Waals surface area contributed by atoms with E-state index in [1.165, 1.54) is 0 Å². The summed E-state index contributed by atoms with van der Waals surface area (Å²) in [5.41, 5.74) is 6.12. The number of hydrogen-bond acceptors (Lipinski definition) is 3. The van der Waals surface area contributed by atoms with Gasteiger partial charge in [0.1, 0.15) is 0 Å². The number of para-hydroxylation sites is 1. The molecule has 5 heteroatoms. The van der Waals surface area contributed by atoms with Crippen LogP contribution in [0, 0.1) is 5.41 Å². The van der Waals surface area contributed by atoms with Gasteiger partial charge in [-0.1, -0.05) is 32.9 Å². The average molecular weight is 291 g/mol. The summed E-state index contributed by atoms with van der Waals surface area (Å²) < 4.78 is 0. The molecule has 0 aliphatic heterocycles. The summed E-state index contributed by atoms with van der Waals surface area (Å²) in [6, 6.07) is 7.02. The smallest absolute Gasteiger partial charge is 0.253 e. The van der Waals surface area contributed by atoms with Crippen molar-refractivity contribution < 1.29 is 9.59 Å². The van der Waals surface area contributed by atoms with Gasteiger partial charge in [0.05, 0.1) is 11.3 Å². The number of amides is 2. The summed E-state index contributed by atoms with van der Waals surface area (Å²) in [5.74, 6) is -0.334. The van der Waals surface area contributed by atoms with E-state index in [4.69, 9.17) is 5.73 Å². The standard InChI is InChI=1S/C16H25N3O2/c1-11(17)9-10-18-14(20)12-7-5-6-8-13(12)19-15(21)16(2,3)4/h5-8,11H,9-10,17H2,1-4H3,(H,18,20)(H,19,21). The Balaban J connectivity index is 2.79. The fourth-order valence-corrected chi connectivity index (χ4v) is 1.61. The quantitative estimate of drug-likeness (QED) is 0.777. The molecular formula is C16H25N3O2. The van der Waals surface area contributed by atoms with Gasteiger partial charge in [-0.3, -0.25) is 9.59 Å². The number of carbonyl (C=O) groups excluding carboxylic acids is 2. The highest BCUT2D eigenvalue weighted by atomic mass is 16.2. The van der Waals surface area contributed by atoms with E-state index in [0.717, 1.165) is 0 Å². The monoisotopic (exact) mass is 291 g/mol. The lowest BCUT2D eigenvalue weighted by molar-refractivity contribution is -0.123. The van der Waals surface area contributed by atoms with Crippen LogP contribution in [0.1, 0.15) is 44.5 Å². The molecule has 1 aromatic carbocycles. The van der Waals surface area contributed by atoms with Crippen molar-refractivity contribution in [2.24, 2.45) is 11.1 Å². The fourth-order valence-electron chi connectivity index (χ4n) is 1.61. The van der Waals surface area contributed by atoms with Gasteiger partial charge in [-0.25, -0.2) is 0 Å². The van der Waals surface area contributed by atoms with Crippen LogP contribution in [0.25, 0.3) is 0 Å². The molecule has 0 saturated carbocycles. The molecule has 2 amide bonds. The van der Waals surface area contributed by atoms with E-state index in [2.05, 4.69) is 10.6 Å². The van der Waals surface area contributed by atoms with Crippen LogP contribution in [0.2, 0.25) is 0 Å². The van der Waals surface area contributed by atoms with Crippen LogP contribution in [-0.4, -0.2) is 24.4 Å². The first-order valence-electron chi connectivity index (χ1n) is 7.16. The Bertz CT molecular complexity index is 504. The summed E-state index contributed by atoms with van der Waals surface area (Å²) in [6.45, 7) is 7.89. The third kappa shape index (κ3) is 5.55. The van der Waals surface area contributed by atoms with Gasteiger partial charge in [0.2, 0.25) is 5.91 Å². The van der Waals surface area contributed by atoms with E-state index < -0.39 is 5.41 Å². The van der Waals surface area contributed by atoms with Crippen molar-refractivity contribution in [3.63, 3.8) is 0 Å². The third-order valence-corrected chi connectivity index (χ3v) is 2.99. The predicted molar refractivity (Wildman–Crippen MR) is 85.1 cm³/mol. The van der Waals surface area contributed by atoms with E-state index in [0.29, 0.717) is 24.2 Å². The molecule has 0 saturated heterocycles. The molecule has 21 heavy (non-hydrogen) atoms. The zero-order chi connectivity index (χ0) is 16.0. The normalized spacial score (nSPS) is 12.6. The van der Waals surface area contributed by atoms with Gasteiger partial charge < -0.3 is 16.4 Å². The molecule has 116 valence electrons. The number of anilines is 1. The largest absolute Gasteiger partial charge is 0.352 e. The molecule has 4 N–H and O–H groups in total. The van der Waals surface area contributed by atoms with Crippen molar-refractivity contribution in [3.05, 3.63) is 29.8 Å². The molecule has 1 unspecified atom stereocenters. The zero-order valence-corrected chi connectivity index (χ0v) is 13.2. The molecule has 0 aliphatic carbocycles. The second-order valence-electron chi connectivity index (χ2n) is 6.27. The predicted octanol–water partition coefficient (Wildman–Crippen LogP) is 2.14. The van der Waals surface area contributed by atoms with Crippen molar-refractivity contribution in [2.45, 2.75) is 40.2 Å². The van der Waals surface area contributed by atoms with E-state index in [1.807, 2.05) is 27.7 Å². The molecule has 1 atom stereocenters. The second-order valence-corrected chi connectivity index (χ2v) is 6.27. The van der Waals surface area contributed by atoms with Crippen LogP contribution in [0.15, 0.2) is 24.3 Å². The van der Waals surface area contributed by atoms with E-state index in [1.54, 1.807) is 24.3 Å². The van der Waals surface area contributed by atoms with E-state index in [-0.39, 0.29) is 17.9 Å². The Labute approximate surface area is 126 Å². The molecule has 1 aromatic rings. The first-order valence-corrected chi connectivity index (χ1v) is 7.16. The van der Waals surface area contributed by atoms with Crippen LogP contribution >= 0.6 is 0 Å². The highest BCUT2D eigenvalue weighted by Crippen LogP contribution is 2.20. The molecule has 0 spiro atoms. The molecule has 0 radical (unpaired) electrons. The SMILES string of the molecule is CC(N)CCNC(=O)c1ccccc1NC(=O)C(C)(C)C. The molecule has 1 rings (SSSR count). The fraction of sp³-hybridized carbons (Fsp3) is 0.500. The summed E-state index contributed by atoms with van der Waals surface area (Å²) in [4.78, 5) is 24.2. The highest BCUT2D eigenvalue weighted by molar-refractivity contribution is 6.04. The van der Waals surface area contributed by atoms with Crippen LogP contribution in [0.3, 0.4) is 0 Å². The second kappa shape index (κ2) is 7.22. The summed E-state index contributed by atoms with van der Waals surface area (Å²) in [7, 11) is 0. The number of carbonyl (C=O) groups is 2. The maximum absolute atomic E-state index is 12.2. The van der Waals surface area contributed by atoms with Gasteiger partial charge in [-0.15, -0.1) is 0 Å². The van der Waals surface area contributed by atoms with Crippen molar-refractivity contribution in [1.29, 1.82) is 0 Å². The number of hydrogen-bond donors (Lipinski definition) is 3. The number of benzene rings is 1. The Morgan fingerprint density at radius 2 is 1.86 bits per heavy atom. The average Bonchev–Trinajstić information content (AvgIpc) is 2.37. The van der Waals surface area contributed by atoms with Crippen molar-refractivity contribution in [1.82, 2.24) is 5.32 Å². The van der Waals surface area contributed by atoms with E-state index >= 15 is 0 Å². The van der Waals surface area contributed by atoms with Gasteiger partial charge in [0.15, 0.2) is 0 Å². The first kappa shape index (κ1) is 17.2. The van der Waals surface area contributed by atoms with Gasteiger partial charge in [0.25, 0.3) is 5.91 Å². The van der Waals surface area contributed by atoms with Crippen LogP contribution in [-0.2, 0) is 4.79 Å². The van der Waals surface area contributed by atoms with Crippen LogP contribution < -0.4 is 16.4 Å². The minimum atomic E-state index is -0.515. The number of nitrogens with two attached hydrogens (primary N) is 1. The number of rotatable bonds is 5. The molecule has 0 aromatic heterocycles. The van der Waals surface area contributed by atoms with Crippen LogP contribution in [0.4, 0.5) is 5.69 Å². The third-order valence-electron chi connectivity index (χ3n) is 2.99. The van der Waals surface area contributed by atoms with Gasteiger partial charge >= 0.3 is 0 Å². The summed E-state index contributed by atoms with van der Waals surface area (Å²) >= 11 is 0. The highest BCUT2D eigenvalue weighted by Gasteiger charge is 2.22. The Morgan fingerprint density at radius 3 is 2.43 bits per heavy atom. The topological polar surface area (TPSA) is 84.2 Å². The maximum Gasteiger partial charge on any atom is 0.253 e. The molecular weight excluding hydrogens is 266 g/mol. The van der Waals surface area contributed by atoms with Gasteiger partial charge in [-0.2, -0.15) is 0 Å². The van der Waals surface area contributed by atoms with E-state index in [9.17, 15) is 9.59 Å². The molecule has 0 bridgehead atoms. The minimum Gasteiger partial charge on any atom is -0.352 e. The molecule has 5 nitrogen and oxygen atoms in total. The Hall–Kier alpha value is -1.88. The maximum atomic E-state index is 12.2. The number of nitrogens with one attached hydrogen (secondary N) is 2. The van der Waals surface area contributed by atoms with Crippen molar-refractivity contribution in [3.8, 4) is 0 Å². The van der Waals surface area contributed by atoms with Gasteiger partial charge in [0, 0.05) is 18.0 Å².